The zero-order chi connectivity index (χ0) is 12.3. The molecule has 0 amide bonds. The van der Waals surface area contributed by atoms with Gasteiger partial charge in [0.25, 0.3) is 0 Å². The van der Waals surface area contributed by atoms with E-state index in [0.717, 1.165) is 43.2 Å². The highest BCUT2D eigenvalue weighted by Gasteiger charge is 2.24. The SMILES string of the molecule is COCC1CCN(c2cccc(OC)c2N)C1. The van der Waals surface area contributed by atoms with E-state index in [4.69, 9.17) is 15.2 Å². The molecular weight excluding hydrogens is 216 g/mol. The number of benzene rings is 1. The molecule has 94 valence electrons. The Kier molecular flexibility index (Phi) is 3.74. The van der Waals surface area contributed by atoms with Gasteiger partial charge < -0.3 is 20.1 Å². The second kappa shape index (κ2) is 5.27. The number of para-hydroxylation sites is 1. The Morgan fingerprint density at radius 2 is 2.24 bits per heavy atom. The Labute approximate surface area is 102 Å². The fourth-order valence-corrected chi connectivity index (χ4v) is 2.41. The van der Waals surface area contributed by atoms with Crippen LogP contribution in [0.15, 0.2) is 18.2 Å². The maximum absolute atomic E-state index is 6.10. The van der Waals surface area contributed by atoms with Crippen molar-refractivity contribution in [3.63, 3.8) is 0 Å². The fraction of sp³-hybridized carbons (Fsp3) is 0.538. The zero-order valence-electron chi connectivity index (χ0n) is 10.5. The average molecular weight is 236 g/mol. The lowest BCUT2D eigenvalue weighted by Crippen LogP contribution is -2.22. The van der Waals surface area contributed by atoms with Gasteiger partial charge in [-0.1, -0.05) is 6.07 Å². The van der Waals surface area contributed by atoms with Crippen molar-refractivity contribution in [2.45, 2.75) is 6.42 Å². The van der Waals surface area contributed by atoms with Gasteiger partial charge in [-0.2, -0.15) is 0 Å². The summed E-state index contributed by atoms with van der Waals surface area (Å²) in [6, 6.07) is 5.92. The van der Waals surface area contributed by atoms with E-state index in [-0.39, 0.29) is 0 Å². The topological polar surface area (TPSA) is 47.7 Å². The summed E-state index contributed by atoms with van der Waals surface area (Å²) in [4.78, 5) is 2.31. The van der Waals surface area contributed by atoms with Crippen molar-refractivity contribution in [2.24, 2.45) is 5.92 Å². The van der Waals surface area contributed by atoms with Gasteiger partial charge in [0.15, 0.2) is 0 Å². The van der Waals surface area contributed by atoms with Gasteiger partial charge in [-0.25, -0.2) is 0 Å². The number of ether oxygens (including phenoxy) is 2. The number of hydrogen-bond acceptors (Lipinski definition) is 4. The Balaban J connectivity index is 2.13. The molecule has 1 atom stereocenters. The number of methoxy groups -OCH3 is 2. The third kappa shape index (κ3) is 2.47. The number of rotatable bonds is 4. The van der Waals surface area contributed by atoms with Crippen LogP contribution >= 0.6 is 0 Å². The highest BCUT2D eigenvalue weighted by molar-refractivity contribution is 5.74. The van der Waals surface area contributed by atoms with Gasteiger partial charge in [0.1, 0.15) is 5.75 Å². The summed E-state index contributed by atoms with van der Waals surface area (Å²) in [5, 5.41) is 0. The summed E-state index contributed by atoms with van der Waals surface area (Å²) in [5.41, 5.74) is 7.90. The van der Waals surface area contributed by atoms with Crippen LogP contribution in [0.5, 0.6) is 5.75 Å². The molecule has 1 unspecified atom stereocenters. The lowest BCUT2D eigenvalue weighted by molar-refractivity contribution is 0.161. The molecule has 0 radical (unpaired) electrons. The molecule has 1 saturated heterocycles. The Morgan fingerprint density at radius 1 is 1.41 bits per heavy atom. The number of hydrogen-bond donors (Lipinski definition) is 1. The maximum Gasteiger partial charge on any atom is 0.143 e. The van der Waals surface area contributed by atoms with Crippen LogP contribution in [-0.2, 0) is 4.74 Å². The number of nitrogen functional groups attached to an aromatic ring is 1. The zero-order valence-corrected chi connectivity index (χ0v) is 10.5. The first-order chi connectivity index (χ1) is 8.26. The molecule has 1 fully saturated rings. The van der Waals surface area contributed by atoms with E-state index in [0.29, 0.717) is 5.92 Å². The molecule has 1 aliphatic rings. The standard InChI is InChI=1S/C13H20N2O2/c1-16-9-10-6-7-15(8-10)11-4-3-5-12(17-2)13(11)14/h3-5,10H,6-9,14H2,1-2H3. The summed E-state index contributed by atoms with van der Waals surface area (Å²) < 4.78 is 10.4. The molecule has 2 rings (SSSR count). The summed E-state index contributed by atoms with van der Waals surface area (Å²) in [6.07, 6.45) is 1.16. The number of anilines is 2. The van der Waals surface area contributed by atoms with Gasteiger partial charge in [0.05, 0.1) is 25.1 Å². The van der Waals surface area contributed by atoms with Gasteiger partial charge >= 0.3 is 0 Å². The minimum atomic E-state index is 0.602. The fourth-order valence-electron chi connectivity index (χ4n) is 2.41. The Bertz CT molecular complexity index is 382. The molecular formula is C13H20N2O2. The second-order valence-electron chi connectivity index (χ2n) is 4.45. The van der Waals surface area contributed by atoms with Crippen LogP contribution in [0.4, 0.5) is 11.4 Å². The predicted octanol–water partition coefficient (Wildman–Crippen LogP) is 1.75. The van der Waals surface area contributed by atoms with E-state index in [1.165, 1.54) is 0 Å². The lowest BCUT2D eigenvalue weighted by Gasteiger charge is -2.21. The first-order valence-corrected chi connectivity index (χ1v) is 5.92. The van der Waals surface area contributed by atoms with Gasteiger partial charge in [-0.15, -0.1) is 0 Å². The molecule has 0 spiro atoms. The van der Waals surface area contributed by atoms with Crippen molar-refractivity contribution in [1.29, 1.82) is 0 Å². The number of nitrogens with two attached hydrogens (primary N) is 1. The van der Waals surface area contributed by atoms with Crippen LogP contribution in [-0.4, -0.2) is 33.9 Å². The maximum atomic E-state index is 6.10. The lowest BCUT2D eigenvalue weighted by atomic mass is 10.1. The van der Waals surface area contributed by atoms with Crippen LogP contribution in [0.1, 0.15) is 6.42 Å². The van der Waals surface area contributed by atoms with E-state index in [2.05, 4.69) is 4.90 Å². The molecule has 17 heavy (non-hydrogen) atoms. The molecule has 4 heteroatoms. The molecule has 1 aromatic rings. The molecule has 2 N–H and O–H groups in total. The Hall–Kier alpha value is -1.42. The largest absolute Gasteiger partial charge is 0.495 e. The van der Waals surface area contributed by atoms with Crippen molar-refractivity contribution in [3.8, 4) is 5.75 Å². The molecule has 0 aliphatic carbocycles. The minimum absolute atomic E-state index is 0.602. The van der Waals surface area contributed by atoms with Crippen molar-refractivity contribution < 1.29 is 9.47 Å². The highest BCUT2D eigenvalue weighted by Crippen LogP contribution is 2.34. The molecule has 1 heterocycles. The highest BCUT2D eigenvalue weighted by atomic mass is 16.5. The number of nitrogens with zero attached hydrogens (tertiary/aromatic N) is 1. The van der Waals surface area contributed by atoms with Crippen LogP contribution < -0.4 is 15.4 Å². The monoisotopic (exact) mass is 236 g/mol. The third-order valence-electron chi connectivity index (χ3n) is 3.29. The van der Waals surface area contributed by atoms with Crippen LogP contribution in [0.2, 0.25) is 0 Å². The van der Waals surface area contributed by atoms with Crippen molar-refractivity contribution in [1.82, 2.24) is 0 Å². The quantitative estimate of drug-likeness (QED) is 0.809. The molecule has 1 aliphatic heterocycles. The normalized spacial score (nSPS) is 19.6. The first-order valence-electron chi connectivity index (χ1n) is 5.92. The predicted molar refractivity (Wildman–Crippen MR) is 69.6 cm³/mol. The van der Waals surface area contributed by atoms with E-state index >= 15 is 0 Å². The van der Waals surface area contributed by atoms with E-state index in [9.17, 15) is 0 Å². The van der Waals surface area contributed by atoms with Gasteiger partial charge in [0.2, 0.25) is 0 Å². The van der Waals surface area contributed by atoms with Crippen LogP contribution in [0.3, 0.4) is 0 Å². The van der Waals surface area contributed by atoms with E-state index in [1.54, 1.807) is 14.2 Å². The van der Waals surface area contributed by atoms with Crippen molar-refractivity contribution in [3.05, 3.63) is 18.2 Å². The van der Waals surface area contributed by atoms with E-state index < -0.39 is 0 Å². The molecule has 1 aromatic carbocycles. The van der Waals surface area contributed by atoms with Crippen LogP contribution in [0, 0.1) is 5.92 Å². The van der Waals surface area contributed by atoms with Crippen LogP contribution in [0.25, 0.3) is 0 Å². The van der Waals surface area contributed by atoms with Gasteiger partial charge in [-0.05, 0) is 18.6 Å². The third-order valence-corrected chi connectivity index (χ3v) is 3.29. The van der Waals surface area contributed by atoms with Gasteiger partial charge in [0, 0.05) is 26.1 Å². The van der Waals surface area contributed by atoms with E-state index in [1.807, 2.05) is 18.2 Å². The van der Waals surface area contributed by atoms with Gasteiger partial charge in [-0.3, -0.25) is 0 Å². The Morgan fingerprint density at radius 3 is 2.94 bits per heavy atom. The second-order valence-corrected chi connectivity index (χ2v) is 4.45. The average Bonchev–Trinajstić information content (AvgIpc) is 2.78. The van der Waals surface area contributed by atoms with Crippen molar-refractivity contribution >= 4 is 11.4 Å². The summed E-state index contributed by atoms with van der Waals surface area (Å²) in [5.74, 6) is 1.35. The minimum Gasteiger partial charge on any atom is -0.495 e. The summed E-state index contributed by atoms with van der Waals surface area (Å²) in [7, 11) is 3.40. The first kappa shape index (κ1) is 12.0. The molecule has 0 bridgehead atoms. The smallest absolute Gasteiger partial charge is 0.143 e. The summed E-state index contributed by atoms with van der Waals surface area (Å²) in [6.45, 7) is 2.86. The van der Waals surface area contributed by atoms with Crippen molar-refractivity contribution in [2.75, 3.05) is 44.5 Å². The molecule has 0 aromatic heterocycles. The molecule has 4 nitrogen and oxygen atoms in total. The molecule has 0 saturated carbocycles. The summed E-state index contributed by atoms with van der Waals surface area (Å²) >= 11 is 0.